The van der Waals surface area contributed by atoms with Crippen molar-refractivity contribution in [3.63, 3.8) is 0 Å². The Kier molecular flexibility index (Phi) is 5.11. The number of rotatable bonds is 4. The van der Waals surface area contributed by atoms with Crippen molar-refractivity contribution < 1.29 is 13.2 Å². The molecule has 2 rings (SSSR count). The molecule has 1 saturated heterocycles. The van der Waals surface area contributed by atoms with E-state index < -0.39 is 9.84 Å². The number of carbonyl (C=O) groups is 1. The minimum Gasteiger partial charge on any atom is -0.376 e. The van der Waals surface area contributed by atoms with Crippen LogP contribution >= 0.6 is 0 Å². The van der Waals surface area contributed by atoms with Crippen LogP contribution in [0.5, 0.6) is 0 Å². The Morgan fingerprint density at radius 2 is 2.14 bits per heavy atom. The van der Waals surface area contributed by atoms with Gasteiger partial charge in [-0.25, -0.2) is 8.42 Å². The lowest BCUT2D eigenvalue weighted by molar-refractivity contribution is -0.130. The van der Waals surface area contributed by atoms with Crippen molar-refractivity contribution in [3.8, 4) is 0 Å². The summed E-state index contributed by atoms with van der Waals surface area (Å²) in [4.78, 5) is 14.4. The quantitative estimate of drug-likeness (QED) is 0.921. The number of hydrogen-bond donors (Lipinski definition) is 1. The zero-order chi connectivity index (χ0) is 16.3. The summed E-state index contributed by atoms with van der Waals surface area (Å²) in [5.41, 5.74) is 1.62. The molecule has 0 aliphatic carbocycles. The Balaban J connectivity index is 2.03. The highest BCUT2D eigenvalue weighted by Crippen LogP contribution is 2.20. The second-order valence-electron chi connectivity index (χ2n) is 6.19. The molecule has 0 spiro atoms. The van der Waals surface area contributed by atoms with Gasteiger partial charge in [-0.2, -0.15) is 0 Å². The first-order valence-electron chi connectivity index (χ1n) is 7.59. The predicted octanol–water partition coefficient (Wildman–Crippen LogP) is 2.07. The number of nitrogens with zero attached hydrogens (tertiary/aromatic N) is 1. The lowest BCUT2D eigenvalue weighted by Crippen LogP contribution is -2.42. The van der Waals surface area contributed by atoms with Crippen molar-refractivity contribution in [1.29, 1.82) is 0 Å². The van der Waals surface area contributed by atoms with E-state index in [9.17, 15) is 13.2 Å². The average molecular weight is 324 g/mol. The van der Waals surface area contributed by atoms with Crippen LogP contribution in [0, 0.1) is 12.8 Å². The molecule has 6 heteroatoms. The molecule has 0 bridgehead atoms. The van der Waals surface area contributed by atoms with Crippen LogP contribution in [0.1, 0.15) is 25.3 Å². The van der Waals surface area contributed by atoms with E-state index in [1.807, 2.05) is 11.8 Å². The number of benzene rings is 1. The summed E-state index contributed by atoms with van der Waals surface area (Å²) in [7, 11) is -3.24. The summed E-state index contributed by atoms with van der Waals surface area (Å²) in [6.07, 6.45) is 3.41. The number of likely N-dealkylation sites (tertiary alicyclic amines) is 1. The maximum absolute atomic E-state index is 12.3. The summed E-state index contributed by atoms with van der Waals surface area (Å²) in [5, 5.41) is 3.08. The van der Waals surface area contributed by atoms with Crippen LogP contribution in [0.25, 0.3) is 0 Å². The second-order valence-corrected chi connectivity index (χ2v) is 8.21. The Bertz CT molecular complexity index is 655. The Hall–Kier alpha value is -1.56. The molecular weight excluding hydrogens is 300 g/mol. The number of hydrogen-bond acceptors (Lipinski definition) is 4. The number of amides is 1. The molecular formula is C16H24N2O3S. The maximum Gasteiger partial charge on any atom is 0.241 e. The van der Waals surface area contributed by atoms with E-state index >= 15 is 0 Å². The number of nitrogens with one attached hydrogen (secondary N) is 1. The summed E-state index contributed by atoms with van der Waals surface area (Å²) in [6, 6.07) is 4.94. The van der Waals surface area contributed by atoms with E-state index in [1.165, 1.54) is 12.7 Å². The van der Waals surface area contributed by atoms with Crippen molar-refractivity contribution >= 4 is 21.4 Å². The first kappa shape index (κ1) is 16.8. The summed E-state index contributed by atoms with van der Waals surface area (Å²) in [6.45, 7) is 5.87. The predicted molar refractivity (Wildman–Crippen MR) is 87.8 cm³/mol. The van der Waals surface area contributed by atoms with Gasteiger partial charge in [0.15, 0.2) is 9.84 Å². The fourth-order valence-electron chi connectivity index (χ4n) is 2.72. The zero-order valence-corrected chi connectivity index (χ0v) is 14.2. The Labute approximate surface area is 132 Å². The molecule has 1 unspecified atom stereocenters. The smallest absolute Gasteiger partial charge is 0.241 e. The van der Waals surface area contributed by atoms with Crippen molar-refractivity contribution in [2.75, 3.05) is 31.2 Å². The number of aryl methyl sites for hydroxylation is 1. The molecule has 0 aromatic heterocycles. The normalized spacial score (nSPS) is 19.0. The molecule has 122 valence electrons. The van der Waals surface area contributed by atoms with Gasteiger partial charge in [-0.1, -0.05) is 13.0 Å². The second kappa shape index (κ2) is 6.69. The van der Waals surface area contributed by atoms with Gasteiger partial charge in [-0.15, -0.1) is 0 Å². The van der Waals surface area contributed by atoms with Gasteiger partial charge in [0.05, 0.1) is 11.4 Å². The molecule has 22 heavy (non-hydrogen) atoms. The van der Waals surface area contributed by atoms with E-state index in [0.29, 0.717) is 11.6 Å². The van der Waals surface area contributed by atoms with Gasteiger partial charge in [0.25, 0.3) is 0 Å². The molecule has 1 heterocycles. The van der Waals surface area contributed by atoms with Crippen LogP contribution in [0.2, 0.25) is 0 Å². The summed E-state index contributed by atoms with van der Waals surface area (Å²) in [5.74, 6) is 0.615. The molecule has 1 aromatic rings. The Morgan fingerprint density at radius 3 is 2.77 bits per heavy atom. The first-order valence-corrected chi connectivity index (χ1v) is 9.49. The van der Waals surface area contributed by atoms with Crippen molar-refractivity contribution in [3.05, 3.63) is 23.8 Å². The maximum atomic E-state index is 12.3. The minimum atomic E-state index is -3.24. The van der Waals surface area contributed by atoms with Gasteiger partial charge < -0.3 is 10.2 Å². The fraction of sp³-hybridized carbons (Fsp3) is 0.562. The number of sulfone groups is 1. The highest BCUT2D eigenvalue weighted by Gasteiger charge is 2.20. The average Bonchev–Trinajstić information content (AvgIpc) is 2.44. The highest BCUT2D eigenvalue weighted by atomic mass is 32.2. The number of anilines is 1. The Morgan fingerprint density at radius 1 is 1.41 bits per heavy atom. The van der Waals surface area contributed by atoms with Crippen LogP contribution in [-0.2, 0) is 14.6 Å². The highest BCUT2D eigenvalue weighted by molar-refractivity contribution is 7.90. The van der Waals surface area contributed by atoms with E-state index in [4.69, 9.17) is 0 Å². The third kappa shape index (κ3) is 4.22. The first-order chi connectivity index (χ1) is 10.3. The van der Waals surface area contributed by atoms with Crippen molar-refractivity contribution in [2.45, 2.75) is 31.6 Å². The fourth-order valence-corrected chi connectivity index (χ4v) is 3.37. The van der Waals surface area contributed by atoms with Crippen LogP contribution in [-0.4, -0.2) is 45.1 Å². The molecule has 1 fully saturated rings. The number of piperidine rings is 1. The van der Waals surface area contributed by atoms with Gasteiger partial charge in [-0.3, -0.25) is 4.79 Å². The van der Waals surface area contributed by atoms with Gasteiger partial charge >= 0.3 is 0 Å². The van der Waals surface area contributed by atoms with E-state index in [-0.39, 0.29) is 17.3 Å². The van der Waals surface area contributed by atoms with E-state index in [2.05, 4.69) is 12.2 Å². The van der Waals surface area contributed by atoms with Crippen molar-refractivity contribution in [1.82, 2.24) is 4.90 Å². The third-order valence-corrected chi connectivity index (χ3v) is 5.19. The standard InChI is InChI=1S/C16H24N2O3S/c1-12-5-4-8-18(11-12)16(19)10-17-15-9-14(22(3,20)21)7-6-13(15)2/h6-7,9,12,17H,4-5,8,10-11H2,1-3H3. The molecule has 0 radical (unpaired) electrons. The molecule has 1 aromatic carbocycles. The molecule has 5 nitrogen and oxygen atoms in total. The molecule has 1 aliphatic heterocycles. The molecule has 1 aliphatic rings. The largest absolute Gasteiger partial charge is 0.376 e. The van der Waals surface area contributed by atoms with Crippen LogP contribution in [0.4, 0.5) is 5.69 Å². The van der Waals surface area contributed by atoms with Crippen LogP contribution in [0.15, 0.2) is 23.1 Å². The molecule has 1 amide bonds. The van der Waals surface area contributed by atoms with Crippen molar-refractivity contribution in [2.24, 2.45) is 5.92 Å². The van der Waals surface area contributed by atoms with Gasteiger partial charge in [0.1, 0.15) is 0 Å². The minimum absolute atomic E-state index is 0.0655. The summed E-state index contributed by atoms with van der Waals surface area (Å²) < 4.78 is 23.2. The van der Waals surface area contributed by atoms with E-state index in [1.54, 1.807) is 18.2 Å². The summed E-state index contributed by atoms with van der Waals surface area (Å²) >= 11 is 0. The van der Waals surface area contributed by atoms with Crippen LogP contribution in [0.3, 0.4) is 0 Å². The van der Waals surface area contributed by atoms with Gasteiger partial charge in [-0.05, 0) is 43.4 Å². The topological polar surface area (TPSA) is 66.5 Å². The number of carbonyl (C=O) groups excluding carboxylic acids is 1. The third-order valence-electron chi connectivity index (χ3n) is 4.08. The molecule has 1 atom stereocenters. The van der Waals surface area contributed by atoms with Gasteiger partial charge in [0.2, 0.25) is 5.91 Å². The molecule has 1 N–H and O–H groups in total. The lowest BCUT2D eigenvalue weighted by Gasteiger charge is -2.31. The monoisotopic (exact) mass is 324 g/mol. The zero-order valence-electron chi connectivity index (χ0n) is 13.4. The van der Waals surface area contributed by atoms with Gasteiger partial charge in [0, 0.05) is 25.0 Å². The van der Waals surface area contributed by atoms with Crippen LogP contribution < -0.4 is 5.32 Å². The molecule has 0 saturated carbocycles. The SMILES string of the molecule is Cc1ccc(S(C)(=O)=O)cc1NCC(=O)N1CCCC(C)C1. The lowest BCUT2D eigenvalue weighted by atomic mass is 10.0. The van der Waals surface area contributed by atoms with E-state index in [0.717, 1.165) is 25.1 Å².